The van der Waals surface area contributed by atoms with Crippen molar-refractivity contribution < 1.29 is 9.53 Å². The molecule has 0 unspecified atom stereocenters. The van der Waals surface area contributed by atoms with E-state index in [-0.39, 0.29) is 12.6 Å². The quantitative estimate of drug-likeness (QED) is 0.579. The van der Waals surface area contributed by atoms with Gasteiger partial charge >= 0.3 is 0 Å². The smallest absolute Gasteiger partial charge is 0.271 e. The van der Waals surface area contributed by atoms with Crippen molar-refractivity contribution in [1.29, 1.82) is 0 Å². The van der Waals surface area contributed by atoms with E-state index in [1.807, 2.05) is 19.1 Å². The van der Waals surface area contributed by atoms with Crippen LogP contribution in [-0.2, 0) is 13.3 Å². The largest absolute Gasteiger partial charge is 0.471 e. The maximum absolute atomic E-state index is 12.2. The molecule has 0 spiro atoms. The highest BCUT2D eigenvalue weighted by atomic mass is 35.5. The van der Waals surface area contributed by atoms with Crippen LogP contribution in [0.4, 0.5) is 0 Å². The minimum absolute atomic E-state index is 0.204. The van der Waals surface area contributed by atoms with E-state index in [9.17, 15) is 4.79 Å². The third-order valence-corrected chi connectivity index (χ3v) is 4.24. The number of nitrogens with zero attached hydrogens (tertiary/aromatic N) is 4. The van der Waals surface area contributed by atoms with Crippen molar-refractivity contribution in [2.24, 2.45) is 0 Å². The average Bonchev–Trinajstić information content (AvgIpc) is 3.27. The molecular weight excluding hydrogens is 389 g/mol. The molecule has 2 heterocycles. The van der Waals surface area contributed by atoms with Crippen molar-refractivity contribution in [2.75, 3.05) is 6.54 Å². The molecule has 9 heteroatoms. The lowest BCUT2D eigenvalue weighted by Crippen LogP contribution is -2.26. The summed E-state index contributed by atoms with van der Waals surface area (Å²) in [7, 11) is 0. The lowest BCUT2D eigenvalue weighted by Gasteiger charge is -2.09. The molecule has 1 aromatic carbocycles. The Morgan fingerprint density at radius 1 is 1.22 bits per heavy atom. The number of benzene rings is 1. The molecule has 0 aliphatic heterocycles. The van der Waals surface area contributed by atoms with E-state index in [1.54, 1.807) is 40.1 Å². The highest BCUT2D eigenvalue weighted by Crippen LogP contribution is 2.22. The van der Waals surface area contributed by atoms with Gasteiger partial charge in [0.15, 0.2) is 6.73 Å². The van der Waals surface area contributed by atoms with E-state index < -0.39 is 0 Å². The number of halogens is 2. The Hall–Kier alpha value is -2.51. The predicted octanol–water partition coefficient (Wildman–Crippen LogP) is 3.55. The van der Waals surface area contributed by atoms with Gasteiger partial charge in [-0.15, -0.1) is 0 Å². The number of amides is 1. The molecule has 0 aliphatic rings. The van der Waals surface area contributed by atoms with Crippen LogP contribution in [0.15, 0.2) is 42.9 Å². The van der Waals surface area contributed by atoms with E-state index in [4.69, 9.17) is 27.9 Å². The van der Waals surface area contributed by atoms with Crippen molar-refractivity contribution in [3.05, 3.63) is 64.2 Å². The Labute approximate surface area is 166 Å². The Balaban J connectivity index is 1.44. The molecule has 1 amide bonds. The van der Waals surface area contributed by atoms with Crippen molar-refractivity contribution in [3.63, 3.8) is 0 Å². The summed E-state index contributed by atoms with van der Waals surface area (Å²) in [5.74, 6) is 0.495. The molecule has 142 valence electrons. The van der Waals surface area contributed by atoms with Crippen LogP contribution >= 0.6 is 23.2 Å². The molecule has 7 nitrogen and oxygen atoms in total. The van der Waals surface area contributed by atoms with Gasteiger partial charge in [0, 0.05) is 30.5 Å². The number of carbonyl (C=O) groups is 1. The fraction of sp³-hybridized carbons (Fsp3) is 0.278. The number of aryl methyl sites for hydroxylation is 2. The molecule has 0 aliphatic carbocycles. The van der Waals surface area contributed by atoms with E-state index in [1.165, 1.54) is 0 Å². The molecule has 2 aromatic heterocycles. The number of hydrogen-bond acceptors (Lipinski definition) is 4. The molecule has 0 fully saturated rings. The van der Waals surface area contributed by atoms with Gasteiger partial charge in [0.25, 0.3) is 5.91 Å². The summed E-state index contributed by atoms with van der Waals surface area (Å²) < 4.78 is 9.01. The van der Waals surface area contributed by atoms with Crippen LogP contribution in [0.1, 0.15) is 22.5 Å². The molecule has 3 rings (SSSR count). The average molecular weight is 408 g/mol. The van der Waals surface area contributed by atoms with Gasteiger partial charge in [-0.05, 0) is 43.2 Å². The normalized spacial score (nSPS) is 10.8. The van der Waals surface area contributed by atoms with Gasteiger partial charge in [0.2, 0.25) is 0 Å². The van der Waals surface area contributed by atoms with Crippen molar-refractivity contribution in [1.82, 2.24) is 24.9 Å². The van der Waals surface area contributed by atoms with Crippen LogP contribution < -0.4 is 10.1 Å². The number of aromatic nitrogens is 4. The molecule has 0 radical (unpaired) electrons. The number of ether oxygens (including phenoxy) is 1. The standard InChI is InChI=1S/C18H19Cl2N5O2/c1-13-9-14(19)3-4-17(13)27-12-25-8-5-16(23-25)18(26)21-6-2-7-24-11-15(20)10-22-24/h3-5,8-11H,2,6-7,12H2,1H3,(H,21,26). The fourth-order valence-corrected chi connectivity index (χ4v) is 2.84. The summed E-state index contributed by atoms with van der Waals surface area (Å²) in [4.78, 5) is 12.2. The molecule has 0 saturated heterocycles. The van der Waals surface area contributed by atoms with Gasteiger partial charge in [-0.1, -0.05) is 23.2 Å². The maximum atomic E-state index is 12.2. The predicted molar refractivity (Wildman–Crippen MR) is 103 cm³/mol. The summed E-state index contributed by atoms with van der Waals surface area (Å²) in [6.45, 7) is 3.32. The summed E-state index contributed by atoms with van der Waals surface area (Å²) in [6.07, 6.45) is 5.77. The number of hydrogen-bond donors (Lipinski definition) is 1. The Bertz CT molecular complexity index is 922. The first kappa shape index (κ1) is 19.3. The van der Waals surface area contributed by atoms with Gasteiger partial charge in [0.05, 0.1) is 11.2 Å². The van der Waals surface area contributed by atoms with Crippen LogP contribution in [-0.4, -0.2) is 32.0 Å². The second-order valence-corrected chi connectivity index (χ2v) is 6.83. The lowest BCUT2D eigenvalue weighted by atomic mass is 10.2. The zero-order chi connectivity index (χ0) is 19.2. The monoisotopic (exact) mass is 407 g/mol. The maximum Gasteiger partial charge on any atom is 0.271 e. The third-order valence-electron chi connectivity index (χ3n) is 3.81. The van der Waals surface area contributed by atoms with E-state index in [2.05, 4.69) is 15.5 Å². The highest BCUT2D eigenvalue weighted by molar-refractivity contribution is 6.30. The second kappa shape index (κ2) is 8.92. The van der Waals surface area contributed by atoms with Crippen molar-refractivity contribution >= 4 is 29.1 Å². The summed E-state index contributed by atoms with van der Waals surface area (Å²) in [5.41, 5.74) is 1.28. The summed E-state index contributed by atoms with van der Waals surface area (Å²) in [6, 6.07) is 7.06. The number of rotatable bonds is 8. The van der Waals surface area contributed by atoms with Crippen LogP contribution in [0.3, 0.4) is 0 Å². The van der Waals surface area contributed by atoms with Crippen molar-refractivity contribution in [2.45, 2.75) is 26.6 Å². The molecule has 3 aromatic rings. The fourth-order valence-electron chi connectivity index (χ4n) is 2.46. The van der Waals surface area contributed by atoms with Crippen LogP contribution in [0.2, 0.25) is 10.0 Å². The Morgan fingerprint density at radius 2 is 2.07 bits per heavy atom. The Morgan fingerprint density at radius 3 is 2.81 bits per heavy atom. The molecule has 0 bridgehead atoms. The summed E-state index contributed by atoms with van der Waals surface area (Å²) in [5, 5.41) is 12.4. The first-order valence-electron chi connectivity index (χ1n) is 8.40. The van der Waals surface area contributed by atoms with Gasteiger partial charge in [-0.25, -0.2) is 4.68 Å². The molecule has 27 heavy (non-hydrogen) atoms. The second-order valence-electron chi connectivity index (χ2n) is 5.95. The molecule has 0 saturated carbocycles. The SMILES string of the molecule is Cc1cc(Cl)ccc1OCn1ccc(C(=O)NCCCn2cc(Cl)cn2)n1. The van der Waals surface area contributed by atoms with E-state index in [0.29, 0.717) is 28.8 Å². The van der Waals surface area contributed by atoms with Gasteiger partial charge in [-0.3, -0.25) is 9.48 Å². The minimum atomic E-state index is -0.227. The van der Waals surface area contributed by atoms with Gasteiger partial charge < -0.3 is 10.1 Å². The zero-order valence-electron chi connectivity index (χ0n) is 14.7. The lowest BCUT2D eigenvalue weighted by molar-refractivity contribution is 0.0945. The van der Waals surface area contributed by atoms with Crippen LogP contribution in [0, 0.1) is 6.92 Å². The van der Waals surface area contributed by atoms with E-state index >= 15 is 0 Å². The third kappa shape index (κ3) is 5.48. The summed E-state index contributed by atoms with van der Waals surface area (Å²) >= 11 is 11.7. The number of carbonyl (C=O) groups excluding carboxylic acids is 1. The van der Waals surface area contributed by atoms with Gasteiger partial charge in [-0.2, -0.15) is 10.2 Å². The molecular formula is C18H19Cl2N5O2. The molecule has 1 N–H and O–H groups in total. The zero-order valence-corrected chi connectivity index (χ0v) is 16.2. The van der Waals surface area contributed by atoms with Crippen LogP contribution in [0.5, 0.6) is 5.75 Å². The highest BCUT2D eigenvalue weighted by Gasteiger charge is 2.09. The topological polar surface area (TPSA) is 74.0 Å². The minimum Gasteiger partial charge on any atom is -0.471 e. The van der Waals surface area contributed by atoms with Gasteiger partial charge in [0.1, 0.15) is 11.4 Å². The van der Waals surface area contributed by atoms with Crippen molar-refractivity contribution in [3.8, 4) is 5.75 Å². The van der Waals surface area contributed by atoms with E-state index in [0.717, 1.165) is 17.7 Å². The molecule has 0 atom stereocenters. The Kier molecular flexibility index (Phi) is 6.36. The van der Waals surface area contributed by atoms with Crippen LogP contribution in [0.25, 0.3) is 0 Å². The first-order valence-corrected chi connectivity index (χ1v) is 9.15. The number of nitrogens with one attached hydrogen (secondary N) is 1. The first-order chi connectivity index (χ1) is 13.0.